The Kier molecular flexibility index (Phi) is 4.04. The third-order valence-corrected chi connectivity index (χ3v) is 3.04. The fraction of sp³-hybridized carbons (Fsp3) is 0.250. The van der Waals surface area contributed by atoms with Crippen LogP contribution in [0.3, 0.4) is 0 Å². The maximum Gasteiger partial charge on any atom is 0.0945 e. The van der Waals surface area contributed by atoms with Crippen molar-refractivity contribution in [2.45, 2.75) is 6.10 Å². The van der Waals surface area contributed by atoms with Crippen LogP contribution in [0.25, 0.3) is 0 Å². The van der Waals surface area contributed by atoms with E-state index in [-0.39, 0.29) is 5.88 Å². The molecule has 13 heavy (non-hydrogen) atoms. The van der Waals surface area contributed by atoms with Crippen molar-refractivity contribution >= 4 is 49.1 Å². The molecule has 0 fully saturated rings. The first-order valence-corrected chi connectivity index (χ1v) is 5.66. The zero-order valence-corrected chi connectivity index (χ0v) is 10.5. The minimum Gasteiger partial charge on any atom is -0.398 e. The molecule has 72 valence electrons. The summed E-state index contributed by atoms with van der Waals surface area (Å²) in [6, 6.07) is 3.58. The van der Waals surface area contributed by atoms with Crippen LogP contribution in [0.5, 0.6) is 0 Å². The summed E-state index contributed by atoms with van der Waals surface area (Å²) in [6.45, 7) is 0. The Morgan fingerprint density at radius 2 is 2.08 bits per heavy atom. The second-order valence-corrected chi connectivity index (χ2v) is 4.64. The Labute approximate surface area is 98.3 Å². The lowest BCUT2D eigenvalue weighted by atomic mass is 10.1. The average Bonchev–Trinajstić information content (AvgIpc) is 2.10. The topological polar surface area (TPSA) is 46.2 Å². The highest BCUT2D eigenvalue weighted by molar-refractivity contribution is 9.11. The number of aliphatic hydroxyl groups excluding tert-OH is 1. The Morgan fingerprint density at radius 1 is 1.46 bits per heavy atom. The minimum absolute atomic E-state index is 0.132. The van der Waals surface area contributed by atoms with Gasteiger partial charge in [-0.2, -0.15) is 0 Å². The van der Waals surface area contributed by atoms with E-state index in [1.54, 1.807) is 6.07 Å². The van der Waals surface area contributed by atoms with E-state index >= 15 is 0 Å². The zero-order valence-electron chi connectivity index (χ0n) is 6.60. The maximum atomic E-state index is 9.51. The molecule has 0 radical (unpaired) electrons. The molecule has 2 nitrogen and oxygen atoms in total. The van der Waals surface area contributed by atoms with Gasteiger partial charge in [-0.05, 0) is 28.1 Å². The molecule has 1 aromatic carbocycles. The van der Waals surface area contributed by atoms with Crippen LogP contribution in [0.15, 0.2) is 21.1 Å². The molecule has 5 heteroatoms. The van der Waals surface area contributed by atoms with Gasteiger partial charge >= 0.3 is 0 Å². The number of benzene rings is 1. The third kappa shape index (κ3) is 2.59. The molecule has 0 saturated heterocycles. The molecular formula is C8H8Br2ClNO. The molecule has 1 aromatic rings. The van der Waals surface area contributed by atoms with Crippen LogP contribution in [0.2, 0.25) is 0 Å². The molecule has 0 bridgehead atoms. The van der Waals surface area contributed by atoms with Gasteiger partial charge in [0, 0.05) is 14.5 Å². The minimum atomic E-state index is -0.726. The lowest BCUT2D eigenvalue weighted by Gasteiger charge is -2.12. The molecule has 3 N–H and O–H groups in total. The highest BCUT2D eigenvalue weighted by Crippen LogP contribution is 2.32. The summed E-state index contributed by atoms with van der Waals surface area (Å²) in [4.78, 5) is 0. The van der Waals surface area contributed by atoms with Crippen molar-refractivity contribution in [1.82, 2.24) is 0 Å². The summed E-state index contributed by atoms with van der Waals surface area (Å²) in [6.07, 6.45) is -0.726. The summed E-state index contributed by atoms with van der Waals surface area (Å²) in [5.41, 5.74) is 6.90. The van der Waals surface area contributed by atoms with Crippen LogP contribution in [0, 0.1) is 0 Å². The number of anilines is 1. The smallest absolute Gasteiger partial charge is 0.0945 e. The van der Waals surface area contributed by atoms with Crippen LogP contribution >= 0.6 is 43.5 Å². The number of rotatable bonds is 2. The van der Waals surface area contributed by atoms with Gasteiger partial charge in [-0.15, -0.1) is 11.6 Å². The Hall–Kier alpha value is 0.230. The fourth-order valence-electron chi connectivity index (χ4n) is 0.963. The number of alkyl halides is 1. The van der Waals surface area contributed by atoms with Crippen LogP contribution in [0.1, 0.15) is 11.7 Å². The van der Waals surface area contributed by atoms with E-state index < -0.39 is 6.10 Å². The summed E-state index contributed by atoms with van der Waals surface area (Å²) in [7, 11) is 0. The molecule has 0 aliphatic heterocycles. The van der Waals surface area contributed by atoms with Gasteiger partial charge in [0.2, 0.25) is 0 Å². The van der Waals surface area contributed by atoms with Gasteiger partial charge in [0.1, 0.15) is 0 Å². The molecule has 0 heterocycles. The second-order valence-electron chi connectivity index (χ2n) is 2.56. The molecule has 1 atom stereocenters. The number of aliphatic hydroxyl groups is 1. The SMILES string of the molecule is Nc1c(Br)cc(Br)cc1C(O)CCl. The standard InChI is InChI=1S/C8H8Br2ClNO/c9-4-1-5(7(13)3-11)8(12)6(10)2-4/h1-2,7,13H,3,12H2. The quantitative estimate of drug-likeness (QED) is 0.647. The lowest BCUT2D eigenvalue weighted by molar-refractivity contribution is 0.203. The first-order valence-electron chi connectivity index (χ1n) is 3.54. The van der Waals surface area contributed by atoms with E-state index in [0.717, 1.165) is 8.95 Å². The Bertz CT molecular complexity index is 319. The van der Waals surface area contributed by atoms with Gasteiger partial charge in [0.25, 0.3) is 0 Å². The van der Waals surface area contributed by atoms with Crippen molar-refractivity contribution in [3.05, 3.63) is 26.6 Å². The van der Waals surface area contributed by atoms with Crippen molar-refractivity contribution in [2.75, 3.05) is 11.6 Å². The number of nitrogen functional groups attached to an aromatic ring is 1. The predicted octanol–water partition coefficient (Wildman–Crippen LogP) is 3.07. The number of halogens is 3. The van der Waals surface area contributed by atoms with E-state index in [1.807, 2.05) is 6.07 Å². The Balaban J connectivity index is 3.20. The van der Waals surface area contributed by atoms with E-state index in [9.17, 15) is 5.11 Å². The van der Waals surface area contributed by atoms with Gasteiger partial charge in [-0.3, -0.25) is 0 Å². The van der Waals surface area contributed by atoms with Gasteiger partial charge in [-0.25, -0.2) is 0 Å². The summed E-state index contributed by atoms with van der Waals surface area (Å²) in [5.74, 6) is 0.132. The summed E-state index contributed by atoms with van der Waals surface area (Å²) >= 11 is 12.1. The number of nitrogens with two attached hydrogens (primary N) is 1. The largest absolute Gasteiger partial charge is 0.398 e. The van der Waals surface area contributed by atoms with Gasteiger partial charge in [0.15, 0.2) is 0 Å². The normalized spacial score (nSPS) is 12.9. The highest BCUT2D eigenvalue weighted by Gasteiger charge is 2.12. The van der Waals surface area contributed by atoms with Crippen molar-refractivity contribution < 1.29 is 5.11 Å². The second kappa shape index (κ2) is 4.64. The van der Waals surface area contributed by atoms with Crippen LogP contribution < -0.4 is 5.73 Å². The molecular weight excluding hydrogens is 321 g/mol. The molecule has 0 amide bonds. The van der Waals surface area contributed by atoms with Crippen molar-refractivity contribution in [3.8, 4) is 0 Å². The van der Waals surface area contributed by atoms with E-state index in [1.165, 1.54) is 0 Å². The molecule has 1 unspecified atom stereocenters. The highest BCUT2D eigenvalue weighted by atomic mass is 79.9. The van der Waals surface area contributed by atoms with Crippen molar-refractivity contribution in [2.24, 2.45) is 0 Å². The fourth-order valence-corrected chi connectivity index (χ4v) is 2.39. The number of hydrogen-bond acceptors (Lipinski definition) is 2. The Morgan fingerprint density at radius 3 is 2.62 bits per heavy atom. The monoisotopic (exact) mass is 327 g/mol. The molecule has 0 spiro atoms. The molecule has 0 saturated carbocycles. The maximum absolute atomic E-state index is 9.51. The first-order chi connectivity index (χ1) is 6.06. The molecule has 0 aromatic heterocycles. The van der Waals surface area contributed by atoms with Crippen LogP contribution in [-0.4, -0.2) is 11.0 Å². The molecule has 1 rings (SSSR count). The average molecular weight is 329 g/mol. The van der Waals surface area contributed by atoms with Crippen molar-refractivity contribution in [3.63, 3.8) is 0 Å². The van der Waals surface area contributed by atoms with Gasteiger partial charge < -0.3 is 10.8 Å². The third-order valence-electron chi connectivity index (χ3n) is 1.63. The molecule has 0 aliphatic carbocycles. The molecule has 0 aliphatic rings. The summed E-state index contributed by atoms with van der Waals surface area (Å²) < 4.78 is 1.61. The lowest BCUT2D eigenvalue weighted by Crippen LogP contribution is -2.04. The van der Waals surface area contributed by atoms with E-state index in [2.05, 4.69) is 31.9 Å². The van der Waals surface area contributed by atoms with Gasteiger partial charge in [-0.1, -0.05) is 15.9 Å². The summed E-state index contributed by atoms with van der Waals surface area (Å²) in [5, 5.41) is 9.51. The van der Waals surface area contributed by atoms with Crippen molar-refractivity contribution in [1.29, 1.82) is 0 Å². The predicted molar refractivity (Wildman–Crippen MR) is 61.9 cm³/mol. The first kappa shape index (κ1) is 11.3. The van der Waals surface area contributed by atoms with E-state index in [0.29, 0.717) is 11.3 Å². The number of hydrogen-bond donors (Lipinski definition) is 2. The van der Waals surface area contributed by atoms with Gasteiger partial charge in [0.05, 0.1) is 17.7 Å². The zero-order chi connectivity index (χ0) is 10.0. The van der Waals surface area contributed by atoms with E-state index in [4.69, 9.17) is 17.3 Å². The van der Waals surface area contributed by atoms with Crippen LogP contribution in [-0.2, 0) is 0 Å². The van der Waals surface area contributed by atoms with Crippen LogP contribution in [0.4, 0.5) is 5.69 Å².